The summed E-state index contributed by atoms with van der Waals surface area (Å²) in [5.41, 5.74) is 0.0286. The first-order valence-electron chi connectivity index (χ1n) is 14.5. The molecule has 0 spiro atoms. The van der Waals surface area contributed by atoms with Gasteiger partial charge in [0, 0.05) is 7.11 Å². The van der Waals surface area contributed by atoms with Gasteiger partial charge in [0.05, 0.1) is 38.0 Å². The van der Waals surface area contributed by atoms with Crippen molar-refractivity contribution >= 4 is 0 Å². The highest BCUT2D eigenvalue weighted by Crippen LogP contribution is 2.33. The number of hydrogen-bond donors (Lipinski definition) is 13. The van der Waals surface area contributed by atoms with Crippen molar-refractivity contribution in [3.05, 3.63) is 11.6 Å². The average molecular weight is 660 g/mol. The second-order valence-electron chi connectivity index (χ2n) is 11.6. The predicted octanol–water partition coefficient (Wildman–Crippen LogP) is -7.91. The molecule has 3 aliphatic heterocycles. The van der Waals surface area contributed by atoms with E-state index in [1.54, 1.807) is 0 Å². The summed E-state index contributed by atoms with van der Waals surface area (Å²) in [6, 6.07) is -2.15. The van der Waals surface area contributed by atoms with E-state index in [0.29, 0.717) is 0 Å². The molecule has 0 bridgehead atoms. The molecule has 13 N–H and O–H groups in total. The van der Waals surface area contributed by atoms with Crippen LogP contribution in [0.4, 0.5) is 0 Å². The van der Waals surface area contributed by atoms with Gasteiger partial charge in [0.15, 0.2) is 18.9 Å². The molecule has 0 aromatic carbocycles. The largest absolute Gasteiger partial charge is 0.394 e. The molecule has 1 aliphatic carbocycles. The van der Waals surface area contributed by atoms with Gasteiger partial charge in [-0.25, -0.2) is 0 Å². The van der Waals surface area contributed by atoms with Crippen molar-refractivity contribution in [1.82, 2.24) is 5.32 Å². The van der Waals surface area contributed by atoms with E-state index in [-0.39, 0.29) is 5.57 Å². The minimum atomic E-state index is -1.90. The van der Waals surface area contributed by atoms with E-state index < -0.39 is 136 Å². The molecule has 19 heteroatoms. The van der Waals surface area contributed by atoms with Crippen LogP contribution in [0.2, 0.25) is 0 Å². The number of hydrogen-bond acceptors (Lipinski definition) is 19. The standard InChI is InChI=1S/C26H45NO18/c1-7-12(27-9-3-8(4-28)13(31)16(34)14(9)32)15(33)19(37)25(41-7)44-23-11(6-30)43-26(21(39)18(23)36)45-22-10(5-29)42-24(40-2)20(38)17(22)35/h3,7,9-39H,4-6H2,1-2H3. The molecule has 19 nitrogen and oxygen atoms in total. The van der Waals surface area contributed by atoms with E-state index in [2.05, 4.69) is 5.32 Å². The Morgan fingerprint density at radius 1 is 0.644 bits per heavy atom. The fourth-order valence-corrected chi connectivity index (χ4v) is 5.99. The molecule has 4 aliphatic rings. The Kier molecular flexibility index (Phi) is 12.7. The number of nitrogens with one attached hydrogen (secondary N) is 1. The zero-order chi connectivity index (χ0) is 33.3. The zero-order valence-corrected chi connectivity index (χ0v) is 24.5. The quantitative estimate of drug-likeness (QED) is 0.0968. The molecule has 19 unspecified atom stereocenters. The molecule has 0 aromatic heterocycles. The summed E-state index contributed by atoms with van der Waals surface area (Å²) in [6.45, 7) is -0.630. The highest BCUT2D eigenvalue weighted by molar-refractivity contribution is 5.22. The lowest BCUT2D eigenvalue weighted by atomic mass is 9.86. The molecule has 0 saturated carbocycles. The fraction of sp³-hybridized carbons (Fsp3) is 0.923. The number of ether oxygens (including phenoxy) is 6. The second-order valence-corrected chi connectivity index (χ2v) is 11.6. The first kappa shape index (κ1) is 36.8. The molecule has 262 valence electrons. The van der Waals surface area contributed by atoms with E-state index in [9.17, 15) is 61.3 Å². The van der Waals surface area contributed by atoms with Gasteiger partial charge < -0.3 is 95.0 Å². The Labute approximate surface area is 257 Å². The smallest absolute Gasteiger partial charge is 0.187 e. The molecule has 3 saturated heterocycles. The third-order valence-corrected chi connectivity index (χ3v) is 8.69. The van der Waals surface area contributed by atoms with Crippen molar-refractivity contribution in [3.8, 4) is 0 Å². The summed E-state index contributed by atoms with van der Waals surface area (Å²) in [7, 11) is 1.21. The van der Waals surface area contributed by atoms with Crippen LogP contribution in [0.5, 0.6) is 0 Å². The highest BCUT2D eigenvalue weighted by atomic mass is 16.8. The van der Waals surface area contributed by atoms with Gasteiger partial charge in [-0.05, 0) is 12.5 Å². The van der Waals surface area contributed by atoms with Gasteiger partial charge in [-0.3, -0.25) is 0 Å². The van der Waals surface area contributed by atoms with Crippen LogP contribution in [-0.2, 0) is 28.4 Å². The van der Waals surface area contributed by atoms with Crippen LogP contribution in [0.1, 0.15) is 6.92 Å². The third kappa shape index (κ3) is 7.37. The lowest BCUT2D eigenvalue weighted by Crippen LogP contribution is -2.68. The van der Waals surface area contributed by atoms with Gasteiger partial charge in [0.2, 0.25) is 0 Å². The number of rotatable bonds is 10. The van der Waals surface area contributed by atoms with Crippen LogP contribution in [0.15, 0.2) is 11.6 Å². The van der Waals surface area contributed by atoms with Crippen molar-refractivity contribution in [2.45, 2.75) is 123 Å². The van der Waals surface area contributed by atoms with E-state index >= 15 is 0 Å². The number of aliphatic hydroxyl groups is 12. The number of methoxy groups -OCH3 is 1. The lowest BCUT2D eigenvalue weighted by molar-refractivity contribution is -0.375. The molecule has 0 aromatic rings. The maximum absolute atomic E-state index is 10.9. The van der Waals surface area contributed by atoms with E-state index in [1.165, 1.54) is 20.1 Å². The van der Waals surface area contributed by atoms with Crippen LogP contribution >= 0.6 is 0 Å². The van der Waals surface area contributed by atoms with Gasteiger partial charge in [0.1, 0.15) is 79.4 Å². The Hall–Kier alpha value is -1.02. The van der Waals surface area contributed by atoms with E-state index in [1.807, 2.05) is 0 Å². The Balaban J connectivity index is 1.42. The first-order valence-corrected chi connectivity index (χ1v) is 14.5. The monoisotopic (exact) mass is 659 g/mol. The summed E-state index contributed by atoms with van der Waals surface area (Å²) in [5, 5.41) is 127. The Morgan fingerprint density at radius 2 is 1.13 bits per heavy atom. The van der Waals surface area contributed by atoms with Crippen molar-refractivity contribution in [3.63, 3.8) is 0 Å². The molecular formula is C26H45NO18. The zero-order valence-electron chi connectivity index (χ0n) is 24.5. The van der Waals surface area contributed by atoms with Crippen molar-refractivity contribution < 1.29 is 89.7 Å². The van der Waals surface area contributed by atoms with Gasteiger partial charge in [-0.15, -0.1) is 0 Å². The van der Waals surface area contributed by atoms with Crippen molar-refractivity contribution in [1.29, 1.82) is 0 Å². The molecule has 45 heavy (non-hydrogen) atoms. The number of aliphatic hydroxyl groups excluding tert-OH is 12. The predicted molar refractivity (Wildman–Crippen MR) is 143 cm³/mol. The summed E-state index contributed by atoms with van der Waals surface area (Å²) in [5.74, 6) is 0. The molecule has 19 atom stereocenters. The molecule has 4 rings (SSSR count). The second kappa shape index (κ2) is 15.5. The molecule has 3 heterocycles. The molecule has 0 amide bonds. The molecule has 3 fully saturated rings. The van der Waals surface area contributed by atoms with Crippen molar-refractivity contribution in [2.75, 3.05) is 26.9 Å². The Morgan fingerprint density at radius 3 is 1.64 bits per heavy atom. The lowest BCUT2D eigenvalue weighted by Gasteiger charge is -2.48. The first-order chi connectivity index (χ1) is 21.3. The van der Waals surface area contributed by atoms with E-state index in [0.717, 1.165) is 0 Å². The average Bonchev–Trinajstić information content (AvgIpc) is 3.03. The Bertz CT molecular complexity index is 974. The van der Waals surface area contributed by atoms with Crippen LogP contribution in [0.3, 0.4) is 0 Å². The topological polar surface area (TPSA) is 310 Å². The van der Waals surface area contributed by atoms with Crippen LogP contribution < -0.4 is 5.32 Å². The molecule has 0 radical (unpaired) electrons. The fourth-order valence-electron chi connectivity index (χ4n) is 5.99. The maximum Gasteiger partial charge on any atom is 0.187 e. The minimum absolute atomic E-state index is 0.0286. The van der Waals surface area contributed by atoms with Crippen LogP contribution in [0.25, 0.3) is 0 Å². The molecular weight excluding hydrogens is 614 g/mol. The van der Waals surface area contributed by atoms with Gasteiger partial charge in [-0.2, -0.15) is 0 Å². The van der Waals surface area contributed by atoms with Gasteiger partial charge in [0.25, 0.3) is 0 Å². The normalized spacial score (nSPS) is 51.2. The summed E-state index contributed by atoms with van der Waals surface area (Å²) in [4.78, 5) is 0. The minimum Gasteiger partial charge on any atom is -0.394 e. The summed E-state index contributed by atoms with van der Waals surface area (Å²) < 4.78 is 32.9. The van der Waals surface area contributed by atoms with Gasteiger partial charge in [-0.1, -0.05) is 6.08 Å². The van der Waals surface area contributed by atoms with E-state index in [4.69, 9.17) is 28.4 Å². The van der Waals surface area contributed by atoms with Crippen molar-refractivity contribution in [2.24, 2.45) is 0 Å². The summed E-state index contributed by atoms with van der Waals surface area (Å²) >= 11 is 0. The van der Waals surface area contributed by atoms with Crippen LogP contribution in [0, 0.1) is 0 Å². The van der Waals surface area contributed by atoms with Crippen LogP contribution in [-0.4, -0.2) is 205 Å². The maximum atomic E-state index is 10.9. The SMILES string of the molecule is COC1OC(CO)C(OC2OC(CO)C(OC3OC(C)C(NC4C=C(CO)C(O)C(O)C4O)C(O)C3O)C(O)C2O)C(O)C1O. The highest BCUT2D eigenvalue weighted by Gasteiger charge is 2.53. The van der Waals surface area contributed by atoms with Gasteiger partial charge >= 0.3 is 0 Å². The third-order valence-electron chi connectivity index (χ3n) is 8.69. The summed E-state index contributed by atoms with van der Waals surface area (Å²) in [6.07, 6.45) is -25.2.